The summed E-state index contributed by atoms with van der Waals surface area (Å²) < 4.78 is 11.3. The van der Waals surface area contributed by atoms with Crippen LogP contribution in [-0.4, -0.2) is 45.3 Å². The van der Waals surface area contributed by atoms with E-state index >= 15 is 0 Å². The molecule has 1 heterocycles. The van der Waals surface area contributed by atoms with Crippen LogP contribution in [0.2, 0.25) is 0 Å². The number of aliphatic hydroxyl groups excluding tert-OH is 2. The molecule has 0 amide bonds. The number of halogens is 1. The van der Waals surface area contributed by atoms with Gasteiger partial charge in [-0.05, 0) is 13.8 Å². The molecule has 13 heavy (non-hydrogen) atoms. The molecule has 0 aromatic rings. The molecule has 1 saturated heterocycles. The van der Waals surface area contributed by atoms with Gasteiger partial charge in [0, 0.05) is 4.43 Å². The van der Waals surface area contributed by atoms with E-state index < -0.39 is 18.5 Å². The second-order valence-corrected chi connectivity index (χ2v) is 4.24. The molecule has 0 bridgehead atoms. The normalized spacial score (nSPS) is 40.2. The molecule has 0 aliphatic carbocycles. The lowest BCUT2D eigenvalue weighted by Crippen LogP contribution is -2.37. The van der Waals surface area contributed by atoms with Crippen molar-refractivity contribution in [3.8, 4) is 0 Å². The van der Waals surface area contributed by atoms with Gasteiger partial charge in [0.15, 0.2) is 6.29 Å². The Labute approximate surface area is 91.4 Å². The summed E-state index contributed by atoms with van der Waals surface area (Å²) in [4.78, 5) is 0. The minimum absolute atomic E-state index is 0.0269. The Kier molecular flexibility index (Phi) is 4.37. The summed E-state index contributed by atoms with van der Waals surface area (Å²) in [7, 11) is 0. The van der Waals surface area contributed by atoms with E-state index in [1.165, 1.54) is 0 Å². The first-order chi connectivity index (χ1) is 6.06. The predicted molar refractivity (Wildman–Crippen MR) is 55.8 cm³/mol. The highest BCUT2D eigenvalue weighted by Gasteiger charge is 2.43. The van der Waals surface area contributed by atoms with Gasteiger partial charge in [-0.3, -0.25) is 0 Å². The third-order valence-corrected chi connectivity index (χ3v) is 2.76. The predicted octanol–water partition coefficient (Wildman–Crippen LogP) is 0.293. The summed E-state index contributed by atoms with van der Waals surface area (Å²) >= 11 is 2.14. The first-order valence-corrected chi connectivity index (χ1v) is 5.81. The number of hydrogen-bond acceptors (Lipinski definition) is 4. The molecular weight excluding hydrogens is 287 g/mol. The van der Waals surface area contributed by atoms with Crippen molar-refractivity contribution >= 4 is 22.6 Å². The van der Waals surface area contributed by atoms with E-state index in [1.807, 2.05) is 13.8 Å². The fourth-order valence-electron chi connectivity index (χ4n) is 1.33. The molecule has 2 unspecified atom stereocenters. The average Bonchev–Trinajstić information content (AvgIpc) is 2.31. The van der Waals surface area contributed by atoms with E-state index in [1.54, 1.807) is 0 Å². The van der Waals surface area contributed by atoms with Crippen molar-refractivity contribution in [3.05, 3.63) is 0 Å². The highest BCUT2D eigenvalue weighted by Crippen LogP contribution is 2.24. The monoisotopic (exact) mass is 302 g/mol. The lowest BCUT2D eigenvalue weighted by molar-refractivity contribution is -0.124. The summed E-state index contributed by atoms with van der Waals surface area (Å²) in [6.45, 7) is 3.78. The van der Waals surface area contributed by atoms with Crippen LogP contribution in [0.3, 0.4) is 0 Å². The van der Waals surface area contributed by atoms with Gasteiger partial charge in [0.05, 0.1) is 12.2 Å². The van der Waals surface area contributed by atoms with Crippen LogP contribution in [0.5, 0.6) is 0 Å². The van der Waals surface area contributed by atoms with Crippen molar-refractivity contribution in [2.24, 2.45) is 0 Å². The molecule has 78 valence electrons. The fourth-order valence-corrected chi connectivity index (χ4v) is 2.03. The van der Waals surface area contributed by atoms with Crippen LogP contribution in [0.4, 0.5) is 0 Å². The summed E-state index contributed by atoms with van der Waals surface area (Å²) in [5, 5.41) is 18.7. The lowest BCUT2D eigenvalue weighted by atomic mass is 10.1. The van der Waals surface area contributed by atoms with Gasteiger partial charge in [0.2, 0.25) is 0 Å². The van der Waals surface area contributed by atoms with Crippen LogP contribution in [-0.2, 0) is 9.47 Å². The molecule has 2 N–H and O–H groups in total. The fraction of sp³-hybridized carbons (Fsp3) is 1.00. The zero-order chi connectivity index (χ0) is 10.0. The molecule has 0 aromatic carbocycles. The largest absolute Gasteiger partial charge is 0.385 e. The van der Waals surface area contributed by atoms with Gasteiger partial charge in [-0.1, -0.05) is 22.6 Å². The van der Waals surface area contributed by atoms with Crippen molar-refractivity contribution in [2.75, 3.05) is 4.43 Å². The first-order valence-electron chi connectivity index (χ1n) is 4.29. The van der Waals surface area contributed by atoms with Crippen molar-refractivity contribution < 1.29 is 19.7 Å². The van der Waals surface area contributed by atoms with Crippen LogP contribution in [0.15, 0.2) is 0 Å². The number of hydrogen-bond donors (Lipinski definition) is 2. The van der Waals surface area contributed by atoms with Crippen LogP contribution >= 0.6 is 22.6 Å². The molecule has 1 aliphatic heterocycles. The van der Waals surface area contributed by atoms with Gasteiger partial charge >= 0.3 is 0 Å². The van der Waals surface area contributed by atoms with Gasteiger partial charge in [0.1, 0.15) is 12.2 Å². The van der Waals surface area contributed by atoms with Gasteiger partial charge in [0.25, 0.3) is 0 Å². The van der Waals surface area contributed by atoms with Crippen LogP contribution in [0.1, 0.15) is 13.8 Å². The van der Waals surface area contributed by atoms with E-state index in [-0.39, 0.29) is 12.2 Å². The molecule has 0 aromatic heterocycles. The third-order valence-electron chi connectivity index (χ3n) is 1.89. The van der Waals surface area contributed by atoms with Gasteiger partial charge in [-0.15, -0.1) is 0 Å². The van der Waals surface area contributed by atoms with Crippen molar-refractivity contribution in [2.45, 2.75) is 44.6 Å². The van der Waals surface area contributed by atoms with E-state index in [4.69, 9.17) is 9.47 Å². The minimum Gasteiger partial charge on any atom is -0.385 e. The number of rotatable bonds is 3. The molecule has 0 radical (unpaired) electrons. The molecule has 5 heteroatoms. The summed E-state index contributed by atoms with van der Waals surface area (Å²) in [6.07, 6.45) is -2.63. The Morgan fingerprint density at radius 3 is 2.54 bits per heavy atom. The topological polar surface area (TPSA) is 58.9 Å². The number of alkyl halides is 1. The molecule has 4 atom stereocenters. The van der Waals surface area contributed by atoms with Gasteiger partial charge < -0.3 is 19.7 Å². The number of aliphatic hydroxyl groups is 2. The SMILES string of the molecule is CC(C)OC1C(O)[C@H](O)O[C@@H]1CI. The van der Waals surface area contributed by atoms with E-state index in [2.05, 4.69) is 22.6 Å². The second-order valence-electron chi connectivity index (χ2n) is 3.36. The van der Waals surface area contributed by atoms with Crippen molar-refractivity contribution in [3.63, 3.8) is 0 Å². The molecule has 1 aliphatic rings. The lowest BCUT2D eigenvalue weighted by Gasteiger charge is -2.21. The van der Waals surface area contributed by atoms with Crippen molar-refractivity contribution in [1.82, 2.24) is 0 Å². The van der Waals surface area contributed by atoms with Gasteiger partial charge in [-0.2, -0.15) is 0 Å². The standard InChI is InChI=1S/C8H15IO4/c1-4(2)12-7-5(3-9)13-8(11)6(7)10/h4-8,10-11H,3H2,1-2H3/t5-,6?,7?,8-/m1/s1. The second kappa shape index (κ2) is 4.88. The van der Waals surface area contributed by atoms with Crippen LogP contribution in [0.25, 0.3) is 0 Å². The maximum atomic E-state index is 9.50. The Balaban J connectivity index is 2.57. The summed E-state index contributed by atoms with van der Waals surface area (Å²) in [6, 6.07) is 0. The van der Waals surface area contributed by atoms with Crippen LogP contribution < -0.4 is 0 Å². The van der Waals surface area contributed by atoms with Gasteiger partial charge in [-0.25, -0.2) is 0 Å². The highest BCUT2D eigenvalue weighted by atomic mass is 127. The average molecular weight is 302 g/mol. The molecule has 1 rings (SSSR count). The third kappa shape index (κ3) is 2.76. The quantitative estimate of drug-likeness (QED) is 0.581. The van der Waals surface area contributed by atoms with Crippen LogP contribution in [0, 0.1) is 0 Å². The Morgan fingerprint density at radius 2 is 2.08 bits per heavy atom. The minimum atomic E-state index is -1.11. The maximum absolute atomic E-state index is 9.50. The van der Waals surface area contributed by atoms with E-state index in [9.17, 15) is 10.2 Å². The zero-order valence-electron chi connectivity index (χ0n) is 7.68. The first kappa shape index (κ1) is 11.6. The summed E-state index contributed by atoms with van der Waals surface area (Å²) in [5.74, 6) is 0. The Morgan fingerprint density at radius 1 is 1.46 bits per heavy atom. The molecule has 4 nitrogen and oxygen atoms in total. The Hall–Kier alpha value is 0.570. The smallest absolute Gasteiger partial charge is 0.183 e. The molecular formula is C8H15IO4. The Bertz CT molecular complexity index is 164. The molecule has 1 fully saturated rings. The molecule has 0 spiro atoms. The maximum Gasteiger partial charge on any atom is 0.183 e. The van der Waals surface area contributed by atoms with Crippen molar-refractivity contribution in [1.29, 1.82) is 0 Å². The molecule has 0 saturated carbocycles. The number of ether oxygens (including phenoxy) is 2. The van der Waals surface area contributed by atoms with E-state index in [0.29, 0.717) is 4.43 Å². The summed E-state index contributed by atoms with van der Waals surface area (Å²) in [5.41, 5.74) is 0. The van der Waals surface area contributed by atoms with E-state index in [0.717, 1.165) is 0 Å². The highest BCUT2D eigenvalue weighted by molar-refractivity contribution is 14.1. The zero-order valence-corrected chi connectivity index (χ0v) is 9.84.